The lowest BCUT2D eigenvalue weighted by molar-refractivity contribution is 0.165. The molecule has 1 aromatic rings. The number of hydrogen-bond acceptors (Lipinski definition) is 6. The molecular weight excluding hydrogens is 266 g/mol. The van der Waals surface area contributed by atoms with Gasteiger partial charge in [0.25, 0.3) is 0 Å². The van der Waals surface area contributed by atoms with E-state index < -0.39 is 0 Å². The maximum atomic E-state index is 9.63. The molecule has 1 heterocycles. The van der Waals surface area contributed by atoms with Gasteiger partial charge in [0.15, 0.2) is 4.34 Å². The predicted octanol–water partition coefficient (Wildman–Crippen LogP) is 2.22. The molecule has 1 aliphatic rings. The third-order valence-electron chi connectivity index (χ3n) is 3.39. The molecule has 102 valence electrons. The zero-order valence-electron chi connectivity index (χ0n) is 11.0. The van der Waals surface area contributed by atoms with Gasteiger partial charge in [0, 0.05) is 10.8 Å². The highest BCUT2D eigenvalue weighted by Gasteiger charge is 2.38. The minimum Gasteiger partial charge on any atom is -0.394 e. The van der Waals surface area contributed by atoms with E-state index in [0.717, 1.165) is 41.6 Å². The number of nitrogens with zero attached hydrogens (tertiary/aromatic N) is 2. The van der Waals surface area contributed by atoms with E-state index in [4.69, 9.17) is 0 Å². The lowest BCUT2D eigenvalue weighted by Crippen LogP contribution is -2.46. The molecule has 0 saturated heterocycles. The third-order valence-corrected chi connectivity index (χ3v) is 5.58. The number of aryl methyl sites for hydroxylation is 1. The first-order valence-electron chi connectivity index (χ1n) is 6.50. The second-order valence-corrected chi connectivity index (χ2v) is 7.66. The van der Waals surface area contributed by atoms with Crippen LogP contribution < -0.4 is 5.32 Å². The first kappa shape index (κ1) is 14.2. The second-order valence-electron chi connectivity index (χ2n) is 4.93. The average molecular weight is 287 g/mol. The lowest BCUT2D eigenvalue weighted by atomic mass is 9.99. The van der Waals surface area contributed by atoms with Crippen molar-refractivity contribution in [1.82, 2.24) is 15.5 Å². The van der Waals surface area contributed by atoms with E-state index in [9.17, 15) is 5.11 Å². The summed E-state index contributed by atoms with van der Waals surface area (Å²) in [4.78, 5) is 0. The molecule has 0 aliphatic heterocycles. The molecule has 2 rings (SSSR count). The molecule has 1 fully saturated rings. The van der Waals surface area contributed by atoms with Gasteiger partial charge < -0.3 is 10.4 Å². The third kappa shape index (κ3) is 3.44. The zero-order chi connectivity index (χ0) is 13.0. The van der Waals surface area contributed by atoms with Gasteiger partial charge in [0.05, 0.1) is 6.61 Å². The lowest BCUT2D eigenvalue weighted by Gasteiger charge is -2.28. The van der Waals surface area contributed by atoms with E-state index in [1.165, 1.54) is 0 Å². The molecule has 18 heavy (non-hydrogen) atoms. The van der Waals surface area contributed by atoms with Crippen molar-refractivity contribution in [2.45, 2.75) is 54.7 Å². The number of aromatic nitrogens is 2. The van der Waals surface area contributed by atoms with Gasteiger partial charge in [-0.1, -0.05) is 30.0 Å². The molecule has 1 saturated carbocycles. The van der Waals surface area contributed by atoms with Gasteiger partial charge in [-0.3, -0.25) is 0 Å². The van der Waals surface area contributed by atoms with Crippen molar-refractivity contribution in [2.24, 2.45) is 0 Å². The Hall–Kier alpha value is -0.170. The van der Waals surface area contributed by atoms with Crippen LogP contribution in [0.1, 0.15) is 37.6 Å². The summed E-state index contributed by atoms with van der Waals surface area (Å²) in [6.07, 6.45) is 4.32. The summed E-state index contributed by atoms with van der Waals surface area (Å²) >= 11 is 3.47. The molecular formula is C12H21N3OS2. The number of rotatable bonds is 6. The summed E-state index contributed by atoms with van der Waals surface area (Å²) in [5, 5.41) is 22.9. The average Bonchev–Trinajstić information content (AvgIpc) is 2.95. The Balaban J connectivity index is 1.90. The van der Waals surface area contributed by atoms with Crippen LogP contribution in [0.2, 0.25) is 0 Å². The smallest absolute Gasteiger partial charge is 0.174 e. The highest BCUT2D eigenvalue weighted by atomic mass is 32.2. The number of aliphatic hydroxyl groups is 1. The van der Waals surface area contributed by atoms with Crippen LogP contribution in [0, 0.1) is 6.92 Å². The summed E-state index contributed by atoms with van der Waals surface area (Å²) in [5.74, 6) is 0. The Labute approximate surface area is 117 Å². The van der Waals surface area contributed by atoms with Crippen LogP contribution in [0.4, 0.5) is 0 Å². The van der Waals surface area contributed by atoms with Crippen LogP contribution >= 0.6 is 23.1 Å². The fourth-order valence-electron chi connectivity index (χ4n) is 2.40. The van der Waals surface area contributed by atoms with Crippen molar-refractivity contribution in [2.75, 3.05) is 13.2 Å². The van der Waals surface area contributed by atoms with Crippen molar-refractivity contribution >= 4 is 23.1 Å². The molecule has 0 bridgehead atoms. The monoisotopic (exact) mass is 287 g/mol. The van der Waals surface area contributed by atoms with E-state index in [-0.39, 0.29) is 12.1 Å². The summed E-state index contributed by atoms with van der Waals surface area (Å²) in [6, 6.07) is 0. The molecule has 1 aliphatic carbocycles. The van der Waals surface area contributed by atoms with E-state index in [2.05, 4.69) is 22.4 Å². The predicted molar refractivity (Wildman–Crippen MR) is 76.3 cm³/mol. The van der Waals surface area contributed by atoms with Crippen LogP contribution in [-0.2, 0) is 0 Å². The Morgan fingerprint density at radius 3 is 3.00 bits per heavy atom. The summed E-state index contributed by atoms with van der Waals surface area (Å²) in [5.41, 5.74) is -0.0621. The Morgan fingerprint density at radius 1 is 1.56 bits per heavy atom. The maximum absolute atomic E-state index is 9.63. The van der Waals surface area contributed by atoms with Gasteiger partial charge in [-0.2, -0.15) is 0 Å². The molecule has 6 heteroatoms. The quantitative estimate of drug-likeness (QED) is 0.840. The van der Waals surface area contributed by atoms with E-state index in [1.54, 1.807) is 11.3 Å². The van der Waals surface area contributed by atoms with Crippen LogP contribution in [0.5, 0.6) is 0 Å². The molecule has 2 unspecified atom stereocenters. The largest absolute Gasteiger partial charge is 0.394 e. The highest BCUT2D eigenvalue weighted by molar-refractivity contribution is 8.01. The van der Waals surface area contributed by atoms with E-state index in [0.29, 0.717) is 5.25 Å². The second kappa shape index (κ2) is 6.32. The molecule has 2 N–H and O–H groups in total. The van der Waals surface area contributed by atoms with Crippen LogP contribution in [0.25, 0.3) is 0 Å². The number of hydrogen-bond donors (Lipinski definition) is 2. The molecule has 0 radical (unpaired) electrons. The van der Waals surface area contributed by atoms with Crippen molar-refractivity contribution in [3.8, 4) is 0 Å². The topological polar surface area (TPSA) is 58.0 Å². The van der Waals surface area contributed by atoms with E-state index in [1.807, 2.05) is 18.7 Å². The van der Waals surface area contributed by atoms with Crippen molar-refractivity contribution in [3.05, 3.63) is 5.01 Å². The molecule has 4 nitrogen and oxygen atoms in total. The van der Waals surface area contributed by atoms with Gasteiger partial charge in [-0.25, -0.2) is 0 Å². The molecule has 0 aromatic carbocycles. The van der Waals surface area contributed by atoms with Gasteiger partial charge >= 0.3 is 0 Å². The van der Waals surface area contributed by atoms with Crippen LogP contribution in [0.15, 0.2) is 4.34 Å². The van der Waals surface area contributed by atoms with Gasteiger partial charge in [-0.15, -0.1) is 10.2 Å². The summed E-state index contributed by atoms with van der Waals surface area (Å²) in [7, 11) is 0. The molecule has 0 amide bonds. The Kier molecular flexibility index (Phi) is 5.00. The Bertz CT molecular complexity index is 385. The van der Waals surface area contributed by atoms with Gasteiger partial charge in [0.2, 0.25) is 0 Å². The molecule has 0 spiro atoms. The SMILES string of the molecule is CCCNC1(CO)CCC(Sc2nnc(C)s2)C1. The number of thioether (sulfide) groups is 1. The standard InChI is InChI=1S/C12H21N3OS2/c1-3-6-13-12(8-16)5-4-10(7-12)18-11-15-14-9(2)17-11/h10,13,16H,3-8H2,1-2H3. The Morgan fingerprint density at radius 2 is 2.39 bits per heavy atom. The molecule has 1 aromatic heterocycles. The van der Waals surface area contributed by atoms with Crippen molar-refractivity contribution in [3.63, 3.8) is 0 Å². The minimum absolute atomic E-state index is 0.0621. The molecule has 2 atom stereocenters. The maximum Gasteiger partial charge on any atom is 0.174 e. The van der Waals surface area contributed by atoms with E-state index >= 15 is 0 Å². The first-order chi connectivity index (χ1) is 8.67. The van der Waals surface area contributed by atoms with Crippen LogP contribution in [0.3, 0.4) is 0 Å². The minimum atomic E-state index is -0.0621. The normalized spacial score (nSPS) is 27.8. The van der Waals surface area contributed by atoms with Crippen molar-refractivity contribution in [1.29, 1.82) is 0 Å². The summed E-state index contributed by atoms with van der Waals surface area (Å²) < 4.78 is 1.06. The fraction of sp³-hybridized carbons (Fsp3) is 0.833. The highest BCUT2D eigenvalue weighted by Crippen LogP contribution is 2.40. The fourth-order valence-corrected chi connectivity index (χ4v) is 4.79. The van der Waals surface area contributed by atoms with Gasteiger partial charge in [-0.05, 0) is 39.2 Å². The van der Waals surface area contributed by atoms with Gasteiger partial charge in [0.1, 0.15) is 5.01 Å². The number of aliphatic hydroxyl groups excluding tert-OH is 1. The summed E-state index contributed by atoms with van der Waals surface area (Å²) in [6.45, 7) is 5.36. The first-order valence-corrected chi connectivity index (χ1v) is 8.20. The number of nitrogens with one attached hydrogen (secondary N) is 1. The van der Waals surface area contributed by atoms with Crippen LogP contribution in [-0.4, -0.2) is 39.2 Å². The van der Waals surface area contributed by atoms with Crippen molar-refractivity contribution < 1.29 is 5.11 Å². The zero-order valence-corrected chi connectivity index (χ0v) is 12.6.